The lowest BCUT2D eigenvalue weighted by molar-refractivity contribution is -0.180. The minimum atomic E-state index is -0.427. The number of methoxy groups -OCH3 is 1. The molecule has 2 aromatic carbocycles. The van der Waals surface area contributed by atoms with Crippen LogP contribution in [0.2, 0.25) is 0 Å². The second-order valence-electron chi connectivity index (χ2n) is 6.56. The summed E-state index contributed by atoms with van der Waals surface area (Å²) in [6.07, 6.45) is -0.427. The Morgan fingerprint density at radius 3 is 2.37 bits per heavy atom. The van der Waals surface area contributed by atoms with Crippen molar-refractivity contribution in [3.8, 4) is 0 Å². The molecule has 5 nitrogen and oxygen atoms in total. The van der Waals surface area contributed by atoms with Crippen LogP contribution >= 0.6 is 0 Å². The van der Waals surface area contributed by atoms with E-state index in [-0.39, 0.29) is 17.7 Å². The quantitative estimate of drug-likeness (QED) is 0.610. The van der Waals surface area contributed by atoms with Crippen LogP contribution in [-0.2, 0) is 25.5 Å². The van der Waals surface area contributed by atoms with Crippen molar-refractivity contribution >= 4 is 16.7 Å². The van der Waals surface area contributed by atoms with E-state index in [9.17, 15) is 4.79 Å². The molecule has 5 heteroatoms. The number of carbonyl (C=O) groups excluding carboxylic acids is 1. The van der Waals surface area contributed by atoms with E-state index in [1.165, 1.54) is 5.39 Å². The van der Waals surface area contributed by atoms with Crippen LogP contribution in [0.15, 0.2) is 42.5 Å². The summed E-state index contributed by atoms with van der Waals surface area (Å²) in [6, 6.07) is 14.3. The first-order chi connectivity index (χ1) is 13.1. The van der Waals surface area contributed by atoms with Crippen LogP contribution in [-0.4, -0.2) is 39.1 Å². The average Bonchev–Trinajstić information content (AvgIpc) is 2.69. The first kappa shape index (κ1) is 21.4. The third-order valence-electron chi connectivity index (χ3n) is 4.74. The number of rotatable bonds is 11. The van der Waals surface area contributed by atoms with Crippen molar-refractivity contribution in [2.75, 3.05) is 26.9 Å². The Morgan fingerprint density at radius 2 is 1.70 bits per heavy atom. The van der Waals surface area contributed by atoms with Crippen molar-refractivity contribution in [2.24, 2.45) is 11.8 Å². The van der Waals surface area contributed by atoms with E-state index in [0.717, 1.165) is 10.9 Å². The number of fused-ring (bicyclic) bond motifs is 1. The van der Waals surface area contributed by atoms with Gasteiger partial charge in [-0.2, -0.15) is 0 Å². The Bertz CT molecular complexity index is 707. The van der Waals surface area contributed by atoms with Gasteiger partial charge in [-0.05, 0) is 30.2 Å². The van der Waals surface area contributed by atoms with Gasteiger partial charge in [-0.1, -0.05) is 49.4 Å². The van der Waals surface area contributed by atoms with Crippen molar-refractivity contribution < 1.29 is 19.0 Å². The van der Waals surface area contributed by atoms with E-state index in [4.69, 9.17) is 14.2 Å². The van der Waals surface area contributed by atoms with Crippen molar-refractivity contribution in [3.63, 3.8) is 0 Å². The van der Waals surface area contributed by atoms with E-state index < -0.39 is 6.29 Å². The summed E-state index contributed by atoms with van der Waals surface area (Å²) in [7, 11) is 1.61. The van der Waals surface area contributed by atoms with E-state index >= 15 is 0 Å². The molecule has 0 aliphatic rings. The Morgan fingerprint density at radius 1 is 1.04 bits per heavy atom. The van der Waals surface area contributed by atoms with Crippen molar-refractivity contribution in [1.29, 1.82) is 0 Å². The van der Waals surface area contributed by atoms with Gasteiger partial charge in [0, 0.05) is 32.8 Å². The molecule has 2 atom stereocenters. The summed E-state index contributed by atoms with van der Waals surface area (Å²) < 4.78 is 16.7. The van der Waals surface area contributed by atoms with E-state index in [2.05, 4.69) is 23.5 Å². The summed E-state index contributed by atoms with van der Waals surface area (Å²) >= 11 is 0. The molecule has 0 saturated heterocycles. The number of ether oxygens (including phenoxy) is 3. The van der Waals surface area contributed by atoms with E-state index in [1.807, 2.05) is 45.0 Å². The highest BCUT2D eigenvalue weighted by molar-refractivity contribution is 5.86. The molecule has 0 spiro atoms. The average molecular weight is 373 g/mol. The van der Waals surface area contributed by atoms with Gasteiger partial charge in [-0.3, -0.25) is 4.79 Å². The van der Waals surface area contributed by atoms with Gasteiger partial charge in [0.25, 0.3) is 0 Å². The third kappa shape index (κ3) is 5.76. The number of nitrogens with one attached hydrogen (secondary N) is 1. The highest BCUT2D eigenvalue weighted by Crippen LogP contribution is 2.22. The van der Waals surface area contributed by atoms with E-state index in [0.29, 0.717) is 26.4 Å². The molecule has 0 fully saturated rings. The molecule has 0 bridgehead atoms. The summed E-state index contributed by atoms with van der Waals surface area (Å²) in [5.74, 6) is -0.535. The zero-order valence-electron chi connectivity index (χ0n) is 16.7. The molecule has 0 aliphatic carbocycles. The van der Waals surface area contributed by atoms with Crippen LogP contribution in [0.1, 0.15) is 26.3 Å². The molecule has 0 heterocycles. The first-order valence-corrected chi connectivity index (χ1v) is 9.58. The molecular formula is C22H31NO4. The molecule has 0 aromatic heterocycles. The fraction of sp³-hybridized carbons (Fsp3) is 0.500. The fourth-order valence-corrected chi connectivity index (χ4v) is 3.28. The van der Waals surface area contributed by atoms with Crippen molar-refractivity contribution in [3.05, 3.63) is 48.0 Å². The maximum atomic E-state index is 12.9. The predicted molar refractivity (Wildman–Crippen MR) is 107 cm³/mol. The van der Waals surface area contributed by atoms with E-state index in [1.54, 1.807) is 7.11 Å². The zero-order valence-corrected chi connectivity index (χ0v) is 16.7. The summed E-state index contributed by atoms with van der Waals surface area (Å²) in [5.41, 5.74) is 1.09. The fourth-order valence-electron chi connectivity index (χ4n) is 3.28. The topological polar surface area (TPSA) is 56.8 Å². The molecule has 0 saturated carbocycles. The molecule has 2 aromatic rings. The smallest absolute Gasteiger partial charge is 0.226 e. The van der Waals surface area contributed by atoms with Crippen LogP contribution in [0.4, 0.5) is 0 Å². The van der Waals surface area contributed by atoms with Crippen LogP contribution in [0.5, 0.6) is 0 Å². The lowest BCUT2D eigenvalue weighted by Crippen LogP contribution is -2.42. The molecule has 27 heavy (non-hydrogen) atoms. The highest BCUT2D eigenvalue weighted by Gasteiger charge is 2.32. The highest BCUT2D eigenvalue weighted by atomic mass is 16.7. The minimum absolute atomic E-state index is 0.0540. The maximum absolute atomic E-state index is 12.9. The van der Waals surface area contributed by atoms with Gasteiger partial charge in [0.15, 0.2) is 6.29 Å². The molecule has 148 valence electrons. The first-order valence-electron chi connectivity index (χ1n) is 9.58. The Hall–Kier alpha value is -1.95. The molecule has 0 radical (unpaired) electrons. The monoisotopic (exact) mass is 373 g/mol. The van der Waals surface area contributed by atoms with Gasteiger partial charge in [0.1, 0.15) is 0 Å². The second kappa shape index (κ2) is 11.0. The molecule has 2 rings (SSSR count). The number of hydrogen-bond donors (Lipinski definition) is 1. The third-order valence-corrected chi connectivity index (χ3v) is 4.74. The standard InChI is InChI=1S/C22H31NO4/c1-5-26-22(27-6-2)16(3)20(15-25-4)21(24)23-14-18-12-9-11-17-10-7-8-13-19(17)18/h7-13,16,20,22H,5-6,14-15H2,1-4H3,(H,23,24)/t16-,20?/m0/s1. The van der Waals surface area contributed by atoms with Crippen molar-refractivity contribution in [1.82, 2.24) is 5.32 Å². The van der Waals surface area contributed by atoms with Gasteiger partial charge < -0.3 is 19.5 Å². The summed E-state index contributed by atoms with van der Waals surface area (Å²) in [5, 5.41) is 5.38. The summed E-state index contributed by atoms with van der Waals surface area (Å²) in [4.78, 5) is 12.9. The van der Waals surface area contributed by atoms with Gasteiger partial charge in [0.2, 0.25) is 5.91 Å². The van der Waals surface area contributed by atoms with Gasteiger partial charge in [-0.25, -0.2) is 0 Å². The van der Waals surface area contributed by atoms with Crippen LogP contribution < -0.4 is 5.32 Å². The lowest BCUT2D eigenvalue weighted by Gasteiger charge is -2.29. The Labute approximate surface area is 162 Å². The Kier molecular flexibility index (Phi) is 8.72. The predicted octanol–water partition coefficient (Wildman–Crippen LogP) is 3.75. The molecule has 0 aliphatic heterocycles. The maximum Gasteiger partial charge on any atom is 0.226 e. The van der Waals surface area contributed by atoms with Crippen LogP contribution in [0.25, 0.3) is 10.8 Å². The number of amides is 1. The number of benzene rings is 2. The van der Waals surface area contributed by atoms with Gasteiger partial charge in [0.05, 0.1) is 12.5 Å². The van der Waals surface area contributed by atoms with Gasteiger partial charge >= 0.3 is 0 Å². The zero-order chi connectivity index (χ0) is 19.6. The SMILES string of the molecule is CCOC(OCC)[C@@H](C)C(COC)C(=O)NCc1cccc2ccccc12. The lowest BCUT2D eigenvalue weighted by atomic mass is 9.92. The largest absolute Gasteiger partial charge is 0.384 e. The number of hydrogen-bond acceptors (Lipinski definition) is 4. The normalized spacial score (nSPS) is 13.7. The van der Waals surface area contributed by atoms with Crippen LogP contribution in [0.3, 0.4) is 0 Å². The Balaban J connectivity index is 2.09. The summed E-state index contributed by atoms with van der Waals surface area (Å²) in [6.45, 7) is 7.67. The molecule has 1 N–H and O–H groups in total. The second-order valence-corrected chi connectivity index (χ2v) is 6.56. The molecule has 1 amide bonds. The minimum Gasteiger partial charge on any atom is -0.384 e. The molecular weight excluding hydrogens is 342 g/mol. The number of carbonyl (C=O) groups is 1. The van der Waals surface area contributed by atoms with Crippen molar-refractivity contribution in [2.45, 2.75) is 33.6 Å². The van der Waals surface area contributed by atoms with Crippen LogP contribution in [0, 0.1) is 11.8 Å². The molecule has 1 unspecified atom stereocenters. The van der Waals surface area contributed by atoms with Gasteiger partial charge in [-0.15, -0.1) is 0 Å².